The molecule has 0 bridgehead atoms. The number of nitrogens with zero attached hydrogens (tertiary/aromatic N) is 1. The van der Waals surface area contributed by atoms with Crippen molar-refractivity contribution in [1.29, 1.82) is 5.41 Å². The van der Waals surface area contributed by atoms with Crippen molar-refractivity contribution in [3.8, 4) is 5.75 Å². The maximum absolute atomic E-state index is 12.6. The van der Waals surface area contributed by atoms with Crippen LogP contribution in [0, 0.1) is 5.41 Å². The first-order chi connectivity index (χ1) is 23.2. The van der Waals surface area contributed by atoms with Crippen LogP contribution in [0.3, 0.4) is 0 Å². The number of carbonyl (C=O) groups excluding carboxylic acids is 2. The van der Waals surface area contributed by atoms with Crippen LogP contribution in [0.1, 0.15) is 28.5 Å². The number of amides is 1. The predicted octanol–water partition coefficient (Wildman–Crippen LogP) is 7.69. The summed E-state index contributed by atoms with van der Waals surface area (Å²) in [5.74, 6) is -0.173. The number of methoxy groups -OCH3 is 1. The molecule has 12 heteroatoms. The number of benzene rings is 4. The third kappa shape index (κ3) is 8.56. The highest BCUT2D eigenvalue weighted by Crippen LogP contribution is 2.47. The van der Waals surface area contributed by atoms with Crippen molar-refractivity contribution in [2.75, 3.05) is 19.2 Å². The molecular formula is C36H34N5O4PS2. The Labute approximate surface area is 288 Å². The minimum Gasteiger partial charge on any atom is -0.468 e. The number of aromatic nitrogens is 1. The molecule has 0 radical (unpaired) electrons. The molecule has 1 heterocycles. The Morgan fingerprint density at radius 2 is 1.71 bits per heavy atom. The third-order valence-corrected chi connectivity index (χ3v) is 10.7. The second kappa shape index (κ2) is 15.9. The number of fused-ring (bicyclic) bond motifs is 1. The number of carbonyl (C=O) groups is 2. The zero-order chi connectivity index (χ0) is 34.1. The van der Waals surface area contributed by atoms with Crippen molar-refractivity contribution in [1.82, 2.24) is 15.4 Å². The highest BCUT2D eigenvalue weighted by atomic mass is 32.4. The van der Waals surface area contributed by atoms with Crippen molar-refractivity contribution in [2.45, 2.75) is 22.8 Å². The van der Waals surface area contributed by atoms with E-state index in [4.69, 9.17) is 26.5 Å². The zero-order valence-corrected chi connectivity index (χ0v) is 29.0. The molecule has 5 aromatic rings. The number of anilines is 1. The lowest BCUT2D eigenvalue weighted by Gasteiger charge is -2.29. The quantitative estimate of drug-likeness (QED) is 0.0557. The Balaban J connectivity index is 1.59. The molecule has 0 spiro atoms. The summed E-state index contributed by atoms with van der Waals surface area (Å²) in [6.45, 7) is -1.69. The van der Waals surface area contributed by atoms with Crippen LogP contribution in [0.4, 0.5) is 5.69 Å². The van der Waals surface area contributed by atoms with Gasteiger partial charge in [0.25, 0.3) is 12.5 Å². The molecule has 2 unspecified atom stereocenters. The highest BCUT2D eigenvalue weighted by Gasteiger charge is 2.28. The van der Waals surface area contributed by atoms with Gasteiger partial charge in [-0.2, -0.15) is 0 Å². The van der Waals surface area contributed by atoms with Gasteiger partial charge in [-0.15, -0.1) is 0 Å². The van der Waals surface area contributed by atoms with Crippen molar-refractivity contribution >= 4 is 70.3 Å². The molecule has 0 saturated carbocycles. The van der Waals surface area contributed by atoms with Gasteiger partial charge < -0.3 is 25.1 Å². The Kier molecular flexibility index (Phi) is 11.4. The molecular weight excluding hydrogens is 662 g/mol. The Morgan fingerprint density at radius 1 is 0.958 bits per heavy atom. The number of ether oxygens (including phenoxy) is 1. The van der Waals surface area contributed by atoms with Crippen LogP contribution in [-0.2, 0) is 21.3 Å². The standard InChI is InChI=1S/C36H34N5O4PS2/c1-24(36(43)44-3)40-46(47,45-33-16-10-12-25-11-4-5-14-28(25)33)41-32-23-27(48-34-17-7-6-15-30(34)35(42)38-2)19-20-29(32)31(37)21-18-26-13-8-9-22-39-26/h4-24,37H,1-3H3,(H,38,42)(H2,40,41,47)/b21-18+,37-31?. The minimum atomic E-state index is -3.34. The summed E-state index contributed by atoms with van der Waals surface area (Å²) < 4.78 is 11.6. The lowest BCUT2D eigenvalue weighted by molar-refractivity contribution is -0.142. The van der Waals surface area contributed by atoms with Crippen molar-refractivity contribution < 1.29 is 18.8 Å². The van der Waals surface area contributed by atoms with Gasteiger partial charge in [-0.1, -0.05) is 66.4 Å². The number of allylic oxidation sites excluding steroid dienone is 1. The first kappa shape index (κ1) is 34.5. The molecule has 244 valence electrons. The maximum atomic E-state index is 12.6. The molecule has 0 aliphatic carbocycles. The predicted molar refractivity (Wildman–Crippen MR) is 198 cm³/mol. The van der Waals surface area contributed by atoms with Crippen LogP contribution in [0.2, 0.25) is 0 Å². The zero-order valence-electron chi connectivity index (χ0n) is 26.5. The van der Waals surface area contributed by atoms with Crippen molar-refractivity contribution in [2.24, 2.45) is 0 Å². The number of hydrogen-bond donors (Lipinski definition) is 4. The molecule has 1 amide bonds. The molecule has 4 aromatic carbocycles. The second-order valence-corrected chi connectivity index (χ2v) is 14.9. The molecule has 0 saturated heterocycles. The SMILES string of the molecule is CNC(=O)c1ccccc1Sc1ccc(C(=N)/C=C/c2ccccn2)c(NP(=S)(NC(C)C(=O)OC)Oc2cccc3ccccc23)c1. The fourth-order valence-corrected chi connectivity index (χ4v) is 8.50. The van der Waals surface area contributed by atoms with Gasteiger partial charge in [-0.25, -0.2) is 5.09 Å². The van der Waals surface area contributed by atoms with E-state index in [2.05, 4.69) is 20.5 Å². The van der Waals surface area contributed by atoms with E-state index in [9.17, 15) is 9.59 Å². The average Bonchev–Trinajstić information content (AvgIpc) is 3.10. The van der Waals surface area contributed by atoms with E-state index in [1.807, 2.05) is 97.1 Å². The van der Waals surface area contributed by atoms with Crippen LogP contribution in [0.15, 0.2) is 125 Å². The summed E-state index contributed by atoms with van der Waals surface area (Å²) in [4.78, 5) is 31.1. The van der Waals surface area contributed by atoms with E-state index in [1.165, 1.54) is 18.9 Å². The lowest BCUT2D eigenvalue weighted by atomic mass is 10.1. The monoisotopic (exact) mass is 695 g/mol. The van der Waals surface area contributed by atoms with Gasteiger partial charge in [0.05, 0.1) is 29.8 Å². The smallest absolute Gasteiger partial charge is 0.323 e. The largest absolute Gasteiger partial charge is 0.468 e. The summed E-state index contributed by atoms with van der Waals surface area (Å²) in [5, 5.41) is 20.1. The fourth-order valence-electron chi connectivity index (χ4n) is 4.79. The van der Waals surface area contributed by atoms with Gasteiger partial charge >= 0.3 is 5.97 Å². The van der Waals surface area contributed by atoms with E-state index in [0.29, 0.717) is 28.3 Å². The van der Waals surface area contributed by atoms with Gasteiger partial charge in [0.1, 0.15) is 11.8 Å². The van der Waals surface area contributed by atoms with Crippen molar-refractivity contribution in [3.63, 3.8) is 0 Å². The summed E-state index contributed by atoms with van der Waals surface area (Å²) >= 11 is 7.60. The molecule has 4 N–H and O–H groups in total. The summed E-state index contributed by atoms with van der Waals surface area (Å²) in [6.07, 6.45) is 5.11. The number of nitrogens with one attached hydrogen (secondary N) is 4. The molecule has 48 heavy (non-hydrogen) atoms. The van der Waals surface area contributed by atoms with Crippen LogP contribution in [0.5, 0.6) is 5.75 Å². The van der Waals surface area contributed by atoms with Gasteiger partial charge in [-0.05, 0) is 84.8 Å². The molecule has 2 atom stereocenters. The molecule has 0 aliphatic heterocycles. The first-order valence-electron chi connectivity index (χ1n) is 14.9. The van der Waals surface area contributed by atoms with Gasteiger partial charge in [0, 0.05) is 34.0 Å². The topological polar surface area (TPSA) is 125 Å². The summed E-state index contributed by atoms with van der Waals surface area (Å²) in [5.41, 5.74) is 2.47. The highest BCUT2D eigenvalue weighted by molar-refractivity contribution is 8.12. The molecule has 9 nitrogen and oxygen atoms in total. The third-order valence-electron chi connectivity index (χ3n) is 7.14. The van der Waals surface area contributed by atoms with E-state index in [-0.39, 0.29) is 11.6 Å². The first-order valence-corrected chi connectivity index (χ1v) is 18.5. The van der Waals surface area contributed by atoms with Crippen LogP contribution in [0.25, 0.3) is 16.8 Å². The molecule has 0 aliphatic rings. The minimum absolute atomic E-state index is 0.193. The number of rotatable bonds is 13. The second-order valence-electron chi connectivity index (χ2n) is 10.5. The number of esters is 1. The van der Waals surface area contributed by atoms with E-state index < -0.39 is 18.6 Å². The molecule has 1 aromatic heterocycles. The van der Waals surface area contributed by atoms with Crippen molar-refractivity contribution in [3.05, 3.63) is 132 Å². The summed E-state index contributed by atoms with van der Waals surface area (Å²) in [6, 6.07) is 31.1. The van der Waals surface area contributed by atoms with E-state index in [0.717, 1.165) is 20.6 Å². The Bertz CT molecular complexity index is 2030. The van der Waals surface area contributed by atoms with Gasteiger partial charge in [0.15, 0.2) is 0 Å². The van der Waals surface area contributed by atoms with Crippen LogP contribution in [-0.4, -0.2) is 42.8 Å². The lowest BCUT2D eigenvalue weighted by Crippen LogP contribution is -2.35. The van der Waals surface area contributed by atoms with Crippen LogP contribution >= 0.6 is 18.3 Å². The average molecular weight is 696 g/mol. The normalized spacial score (nSPS) is 13.0. The fraction of sp³-hybridized carbons (Fsp3) is 0.111. The Morgan fingerprint density at radius 3 is 2.48 bits per heavy atom. The number of pyridine rings is 1. The summed E-state index contributed by atoms with van der Waals surface area (Å²) in [7, 11) is 2.91. The van der Waals surface area contributed by atoms with E-state index in [1.54, 1.807) is 38.4 Å². The molecule has 5 rings (SSSR count). The van der Waals surface area contributed by atoms with Gasteiger partial charge in [-0.3, -0.25) is 14.6 Å². The van der Waals surface area contributed by atoms with Crippen LogP contribution < -0.4 is 20.0 Å². The number of hydrogen-bond acceptors (Lipinski definition) is 8. The van der Waals surface area contributed by atoms with Gasteiger partial charge in [0.2, 0.25) is 0 Å². The Hall–Kier alpha value is -4.80. The maximum Gasteiger partial charge on any atom is 0.323 e. The molecule has 0 fully saturated rings. The van der Waals surface area contributed by atoms with E-state index >= 15 is 0 Å².